The van der Waals surface area contributed by atoms with Crippen LogP contribution >= 0.6 is 23.1 Å². The minimum absolute atomic E-state index is 0.0134. The zero-order valence-corrected chi connectivity index (χ0v) is 16.1. The van der Waals surface area contributed by atoms with Crippen LogP contribution in [-0.2, 0) is 11.2 Å². The number of rotatable bonds is 8. The number of thioether (sulfide) groups is 1. The van der Waals surface area contributed by atoms with Crippen molar-refractivity contribution in [2.75, 3.05) is 18.1 Å². The SMILES string of the molecule is CCc1ccc([C@H](NC(=O)CSc2nnc(NC)s2)C(C)C)cc1. The molecule has 1 atom stereocenters. The predicted molar refractivity (Wildman–Crippen MR) is 102 cm³/mol. The Balaban J connectivity index is 1.94. The lowest BCUT2D eigenvalue weighted by molar-refractivity contribution is -0.119. The quantitative estimate of drug-likeness (QED) is 0.698. The standard InChI is InChI=1S/C17H24N4OS2/c1-5-12-6-8-13(9-7-12)15(11(2)3)19-14(22)10-23-17-21-20-16(18-4)24-17/h6-9,11,15H,5,10H2,1-4H3,(H,18,20)(H,19,22)/t15-/m1/s1. The highest BCUT2D eigenvalue weighted by molar-refractivity contribution is 8.01. The van der Waals surface area contributed by atoms with E-state index in [9.17, 15) is 4.79 Å². The van der Waals surface area contributed by atoms with E-state index in [1.165, 1.54) is 28.7 Å². The molecule has 0 fully saturated rings. The smallest absolute Gasteiger partial charge is 0.230 e. The van der Waals surface area contributed by atoms with Gasteiger partial charge in [0.05, 0.1) is 11.8 Å². The summed E-state index contributed by atoms with van der Waals surface area (Å²) in [7, 11) is 1.80. The van der Waals surface area contributed by atoms with Gasteiger partial charge in [-0.1, -0.05) is 68.1 Å². The third-order valence-electron chi connectivity index (χ3n) is 3.68. The van der Waals surface area contributed by atoms with Crippen molar-refractivity contribution in [2.45, 2.75) is 37.6 Å². The molecule has 2 rings (SSSR count). The van der Waals surface area contributed by atoms with Crippen LogP contribution in [-0.4, -0.2) is 28.9 Å². The lowest BCUT2D eigenvalue weighted by Crippen LogP contribution is -2.33. The van der Waals surface area contributed by atoms with Gasteiger partial charge in [-0.05, 0) is 23.5 Å². The van der Waals surface area contributed by atoms with E-state index in [1.54, 1.807) is 7.05 Å². The van der Waals surface area contributed by atoms with Crippen molar-refractivity contribution in [2.24, 2.45) is 5.92 Å². The lowest BCUT2D eigenvalue weighted by atomic mass is 9.95. The van der Waals surface area contributed by atoms with Gasteiger partial charge in [-0.15, -0.1) is 10.2 Å². The molecule has 1 heterocycles. The number of aryl methyl sites for hydroxylation is 1. The number of nitrogens with zero attached hydrogens (tertiary/aromatic N) is 2. The second kappa shape index (κ2) is 9.03. The molecule has 2 aromatic rings. The summed E-state index contributed by atoms with van der Waals surface area (Å²) in [5.74, 6) is 0.678. The van der Waals surface area contributed by atoms with Crippen molar-refractivity contribution in [3.05, 3.63) is 35.4 Å². The number of hydrogen-bond acceptors (Lipinski definition) is 6. The van der Waals surface area contributed by atoms with Gasteiger partial charge in [-0.3, -0.25) is 4.79 Å². The summed E-state index contributed by atoms with van der Waals surface area (Å²) in [6.45, 7) is 6.38. The van der Waals surface area contributed by atoms with E-state index < -0.39 is 0 Å². The van der Waals surface area contributed by atoms with E-state index in [2.05, 4.69) is 65.9 Å². The fraction of sp³-hybridized carbons (Fsp3) is 0.471. The Morgan fingerprint density at radius 1 is 1.25 bits per heavy atom. The molecule has 0 unspecified atom stereocenters. The van der Waals surface area contributed by atoms with Crippen LogP contribution in [0.25, 0.3) is 0 Å². The second-order valence-corrected chi connectivity index (χ2v) is 8.00. The Hall–Kier alpha value is -1.60. The molecule has 7 heteroatoms. The van der Waals surface area contributed by atoms with Crippen molar-refractivity contribution in [3.8, 4) is 0 Å². The van der Waals surface area contributed by atoms with Gasteiger partial charge in [-0.2, -0.15) is 0 Å². The van der Waals surface area contributed by atoms with Crippen molar-refractivity contribution >= 4 is 34.1 Å². The molecule has 0 saturated carbocycles. The molecule has 130 valence electrons. The van der Waals surface area contributed by atoms with Crippen LogP contribution in [0.2, 0.25) is 0 Å². The number of carbonyl (C=O) groups is 1. The third-order valence-corrected chi connectivity index (χ3v) is 5.75. The number of carbonyl (C=O) groups excluding carboxylic acids is 1. The maximum Gasteiger partial charge on any atom is 0.230 e. The van der Waals surface area contributed by atoms with E-state index in [-0.39, 0.29) is 11.9 Å². The molecule has 0 spiro atoms. The Morgan fingerprint density at radius 2 is 1.96 bits per heavy atom. The zero-order valence-electron chi connectivity index (χ0n) is 14.5. The fourth-order valence-electron chi connectivity index (χ4n) is 2.31. The molecule has 2 N–H and O–H groups in total. The van der Waals surface area contributed by atoms with Gasteiger partial charge in [0.25, 0.3) is 0 Å². The first-order valence-electron chi connectivity index (χ1n) is 8.05. The summed E-state index contributed by atoms with van der Waals surface area (Å²) in [4.78, 5) is 12.3. The van der Waals surface area contributed by atoms with Crippen LogP contribution in [0.1, 0.15) is 37.9 Å². The van der Waals surface area contributed by atoms with Crippen LogP contribution in [0.15, 0.2) is 28.6 Å². The third kappa shape index (κ3) is 5.21. The van der Waals surface area contributed by atoms with E-state index in [4.69, 9.17) is 0 Å². The van der Waals surface area contributed by atoms with Crippen LogP contribution in [0, 0.1) is 5.92 Å². The molecule has 1 amide bonds. The Kier molecular flexibility index (Phi) is 7.05. The first kappa shape index (κ1) is 18.7. The van der Waals surface area contributed by atoms with Gasteiger partial charge in [0.1, 0.15) is 0 Å². The monoisotopic (exact) mass is 364 g/mol. The summed E-state index contributed by atoms with van der Waals surface area (Å²) in [6, 6.07) is 8.51. The first-order chi connectivity index (χ1) is 11.5. The number of aromatic nitrogens is 2. The molecule has 0 radical (unpaired) electrons. The van der Waals surface area contributed by atoms with Crippen LogP contribution in [0.4, 0.5) is 5.13 Å². The summed E-state index contributed by atoms with van der Waals surface area (Å²) in [6.07, 6.45) is 1.02. The normalized spacial score (nSPS) is 12.2. The predicted octanol–water partition coefficient (Wildman–Crippen LogP) is 3.75. The van der Waals surface area contributed by atoms with Crippen LogP contribution in [0.3, 0.4) is 0 Å². The summed E-state index contributed by atoms with van der Waals surface area (Å²) >= 11 is 2.86. The van der Waals surface area contributed by atoms with Gasteiger partial charge in [0.15, 0.2) is 4.34 Å². The second-order valence-electron chi connectivity index (χ2n) is 5.80. The van der Waals surface area contributed by atoms with Crippen molar-refractivity contribution in [3.63, 3.8) is 0 Å². The topological polar surface area (TPSA) is 66.9 Å². The average molecular weight is 365 g/mol. The van der Waals surface area contributed by atoms with Gasteiger partial charge >= 0.3 is 0 Å². The van der Waals surface area contributed by atoms with E-state index in [0.717, 1.165) is 21.5 Å². The van der Waals surface area contributed by atoms with E-state index >= 15 is 0 Å². The maximum atomic E-state index is 12.3. The molecule has 0 aliphatic carbocycles. The highest BCUT2D eigenvalue weighted by Crippen LogP contribution is 2.26. The van der Waals surface area contributed by atoms with Gasteiger partial charge in [0, 0.05) is 7.05 Å². The van der Waals surface area contributed by atoms with Crippen LogP contribution in [0.5, 0.6) is 0 Å². The Labute approximate surface area is 151 Å². The highest BCUT2D eigenvalue weighted by Gasteiger charge is 2.18. The largest absolute Gasteiger partial charge is 0.363 e. The molecule has 0 bridgehead atoms. The molecular weight excluding hydrogens is 340 g/mol. The van der Waals surface area contributed by atoms with Gasteiger partial charge < -0.3 is 10.6 Å². The Bertz CT molecular complexity index is 655. The molecule has 1 aromatic heterocycles. The number of anilines is 1. The maximum absolute atomic E-state index is 12.3. The number of amides is 1. The average Bonchev–Trinajstić information content (AvgIpc) is 3.06. The molecule has 0 aliphatic heterocycles. The summed E-state index contributed by atoms with van der Waals surface area (Å²) in [5, 5.41) is 14.9. The van der Waals surface area contributed by atoms with E-state index in [0.29, 0.717) is 11.7 Å². The van der Waals surface area contributed by atoms with Crippen LogP contribution < -0.4 is 10.6 Å². The van der Waals surface area contributed by atoms with Crippen molar-refractivity contribution < 1.29 is 4.79 Å². The van der Waals surface area contributed by atoms with Gasteiger partial charge in [-0.25, -0.2) is 0 Å². The molecule has 0 saturated heterocycles. The lowest BCUT2D eigenvalue weighted by Gasteiger charge is -2.23. The molecule has 0 aliphatic rings. The molecule has 24 heavy (non-hydrogen) atoms. The first-order valence-corrected chi connectivity index (χ1v) is 9.86. The molecule has 5 nitrogen and oxygen atoms in total. The highest BCUT2D eigenvalue weighted by atomic mass is 32.2. The molecule has 1 aromatic carbocycles. The minimum Gasteiger partial charge on any atom is -0.363 e. The summed E-state index contributed by atoms with van der Waals surface area (Å²) in [5.41, 5.74) is 2.45. The van der Waals surface area contributed by atoms with Crippen molar-refractivity contribution in [1.82, 2.24) is 15.5 Å². The summed E-state index contributed by atoms with van der Waals surface area (Å²) < 4.78 is 0.794. The van der Waals surface area contributed by atoms with Gasteiger partial charge in [0.2, 0.25) is 11.0 Å². The Morgan fingerprint density at radius 3 is 2.50 bits per heavy atom. The van der Waals surface area contributed by atoms with Crippen molar-refractivity contribution in [1.29, 1.82) is 0 Å². The van der Waals surface area contributed by atoms with E-state index in [1.807, 2.05) is 0 Å². The number of hydrogen-bond donors (Lipinski definition) is 2. The number of nitrogens with one attached hydrogen (secondary N) is 2. The number of benzene rings is 1. The zero-order chi connectivity index (χ0) is 17.5. The molecular formula is C17H24N4OS2. The minimum atomic E-state index is 0.0134. The fourth-order valence-corrected chi connectivity index (χ4v) is 3.82.